The Kier molecular flexibility index (Phi) is 6.85. The molecular weight excluding hydrogens is 300 g/mol. The van der Waals surface area contributed by atoms with E-state index in [1.807, 2.05) is 6.07 Å². The summed E-state index contributed by atoms with van der Waals surface area (Å²) in [4.78, 5) is 10.4. The minimum absolute atomic E-state index is 0.105. The van der Waals surface area contributed by atoms with Crippen molar-refractivity contribution in [1.29, 1.82) is 0 Å². The second-order valence-corrected chi connectivity index (χ2v) is 4.77. The molecule has 0 spiro atoms. The lowest BCUT2D eigenvalue weighted by atomic mass is 10.2. The quantitative estimate of drug-likeness (QED) is 0.455. The molecule has 6 heteroatoms. The SMILES string of the molecule is COCCCCNCc1ccc(Br)c([N+](=O)[O-])c1. The maximum atomic E-state index is 10.8. The number of unbranched alkanes of at least 4 members (excludes halogenated alkanes) is 1. The lowest BCUT2D eigenvalue weighted by molar-refractivity contribution is -0.385. The maximum absolute atomic E-state index is 10.8. The molecule has 1 N–H and O–H groups in total. The van der Waals surface area contributed by atoms with E-state index < -0.39 is 0 Å². The van der Waals surface area contributed by atoms with Gasteiger partial charge >= 0.3 is 0 Å². The Labute approximate surface area is 115 Å². The number of halogens is 1. The minimum Gasteiger partial charge on any atom is -0.385 e. The van der Waals surface area contributed by atoms with E-state index in [-0.39, 0.29) is 10.6 Å². The average Bonchev–Trinajstić information content (AvgIpc) is 2.35. The van der Waals surface area contributed by atoms with Crippen LogP contribution >= 0.6 is 15.9 Å². The summed E-state index contributed by atoms with van der Waals surface area (Å²) in [7, 11) is 1.69. The Balaban J connectivity index is 2.38. The highest BCUT2D eigenvalue weighted by molar-refractivity contribution is 9.10. The number of ether oxygens (including phenoxy) is 1. The molecule has 0 fully saturated rings. The molecule has 0 radical (unpaired) electrons. The van der Waals surface area contributed by atoms with Gasteiger partial charge in [-0.1, -0.05) is 6.07 Å². The summed E-state index contributed by atoms with van der Waals surface area (Å²) in [5.41, 5.74) is 1.02. The van der Waals surface area contributed by atoms with E-state index in [0.29, 0.717) is 11.0 Å². The molecule has 0 amide bonds. The van der Waals surface area contributed by atoms with Crippen LogP contribution in [0, 0.1) is 10.1 Å². The molecule has 0 saturated carbocycles. The van der Waals surface area contributed by atoms with Crippen LogP contribution in [0.5, 0.6) is 0 Å². The van der Waals surface area contributed by atoms with Gasteiger partial charge in [-0.3, -0.25) is 10.1 Å². The third-order valence-electron chi connectivity index (χ3n) is 2.49. The van der Waals surface area contributed by atoms with E-state index in [1.54, 1.807) is 19.2 Å². The van der Waals surface area contributed by atoms with Crippen LogP contribution in [0.3, 0.4) is 0 Å². The third kappa shape index (κ3) is 5.12. The number of rotatable bonds is 8. The van der Waals surface area contributed by atoms with Crippen molar-refractivity contribution in [3.63, 3.8) is 0 Å². The third-order valence-corrected chi connectivity index (χ3v) is 3.16. The highest BCUT2D eigenvalue weighted by atomic mass is 79.9. The van der Waals surface area contributed by atoms with Gasteiger partial charge in [-0.15, -0.1) is 0 Å². The smallest absolute Gasteiger partial charge is 0.283 e. The second kappa shape index (κ2) is 8.18. The maximum Gasteiger partial charge on any atom is 0.283 e. The number of hydrogen-bond donors (Lipinski definition) is 1. The number of methoxy groups -OCH3 is 1. The van der Waals surface area contributed by atoms with Crippen LogP contribution in [0.1, 0.15) is 18.4 Å². The highest BCUT2D eigenvalue weighted by Gasteiger charge is 2.11. The van der Waals surface area contributed by atoms with Gasteiger partial charge in [-0.2, -0.15) is 0 Å². The Morgan fingerprint density at radius 3 is 2.89 bits per heavy atom. The average molecular weight is 317 g/mol. The van der Waals surface area contributed by atoms with Crippen LogP contribution in [0.4, 0.5) is 5.69 Å². The Morgan fingerprint density at radius 2 is 2.22 bits per heavy atom. The number of nitrogens with zero attached hydrogens (tertiary/aromatic N) is 1. The van der Waals surface area contributed by atoms with Crippen LogP contribution < -0.4 is 5.32 Å². The predicted octanol–water partition coefficient (Wildman–Crippen LogP) is 2.87. The Bertz CT molecular complexity index is 399. The number of nitro benzene ring substituents is 1. The minimum atomic E-state index is -0.383. The molecule has 1 aromatic rings. The first-order chi connectivity index (χ1) is 8.65. The monoisotopic (exact) mass is 316 g/mol. The van der Waals surface area contributed by atoms with E-state index in [1.165, 1.54) is 0 Å². The van der Waals surface area contributed by atoms with Crippen molar-refractivity contribution < 1.29 is 9.66 Å². The van der Waals surface area contributed by atoms with Gasteiger partial charge in [0.2, 0.25) is 0 Å². The summed E-state index contributed by atoms with van der Waals surface area (Å²) < 4.78 is 5.46. The molecule has 0 aromatic heterocycles. The first-order valence-corrected chi connectivity index (χ1v) is 6.57. The van der Waals surface area contributed by atoms with Gasteiger partial charge in [-0.05, 0) is 46.9 Å². The molecule has 0 heterocycles. The summed E-state index contributed by atoms with van der Waals surface area (Å²) in [6.45, 7) is 2.29. The molecule has 1 rings (SSSR count). The lowest BCUT2D eigenvalue weighted by Gasteiger charge is -2.05. The molecule has 0 aliphatic heterocycles. The molecule has 1 aromatic carbocycles. The standard InChI is InChI=1S/C12H17BrN2O3/c1-18-7-3-2-6-14-9-10-4-5-11(13)12(8-10)15(16)17/h4-5,8,14H,2-3,6-7,9H2,1H3. The molecule has 0 unspecified atom stereocenters. The van der Waals surface area contributed by atoms with E-state index in [4.69, 9.17) is 4.74 Å². The van der Waals surface area contributed by atoms with Gasteiger partial charge in [-0.25, -0.2) is 0 Å². The predicted molar refractivity (Wildman–Crippen MR) is 73.6 cm³/mol. The van der Waals surface area contributed by atoms with Crippen molar-refractivity contribution >= 4 is 21.6 Å². The largest absolute Gasteiger partial charge is 0.385 e. The van der Waals surface area contributed by atoms with Gasteiger partial charge in [0.1, 0.15) is 0 Å². The number of nitro groups is 1. The lowest BCUT2D eigenvalue weighted by Crippen LogP contribution is -2.15. The zero-order valence-corrected chi connectivity index (χ0v) is 11.9. The van der Waals surface area contributed by atoms with Crippen LogP contribution in [0.25, 0.3) is 0 Å². The van der Waals surface area contributed by atoms with Gasteiger partial charge in [0.25, 0.3) is 5.69 Å². The molecule has 5 nitrogen and oxygen atoms in total. The van der Waals surface area contributed by atoms with E-state index in [9.17, 15) is 10.1 Å². The summed E-state index contributed by atoms with van der Waals surface area (Å²) in [5, 5.41) is 14.0. The van der Waals surface area contributed by atoms with E-state index >= 15 is 0 Å². The van der Waals surface area contributed by atoms with Crippen molar-refractivity contribution in [2.75, 3.05) is 20.3 Å². The zero-order chi connectivity index (χ0) is 13.4. The fourth-order valence-corrected chi connectivity index (χ4v) is 1.93. The molecule has 0 saturated heterocycles. The Morgan fingerprint density at radius 1 is 1.44 bits per heavy atom. The summed E-state index contributed by atoms with van der Waals surface area (Å²) >= 11 is 3.17. The van der Waals surface area contributed by atoms with Crippen LogP contribution in [0.2, 0.25) is 0 Å². The molecule has 0 bridgehead atoms. The second-order valence-electron chi connectivity index (χ2n) is 3.92. The molecule has 100 valence electrons. The van der Waals surface area contributed by atoms with Gasteiger partial charge in [0.05, 0.1) is 9.40 Å². The van der Waals surface area contributed by atoms with Crippen molar-refractivity contribution in [2.45, 2.75) is 19.4 Å². The van der Waals surface area contributed by atoms with Gasteiger partial charge < -0.3 is 10.1 Å². The first kappa shape index (κ1) is 15.1. The van der Waals surface area contributed by atoms with Crippen LogP contribution in [-0.4, -0.2) is 25.2 Å². The summed E-state index contributed by atoms with van der Waals surface area (Å²) in [6, 6.07) is 5.17. The highest BCUT2D eigenvalue weighted by Crippen LogP contribution is 2.25. The molecule has 0 atom stereocenters. The van der Waals surface area contributed by atoms with Crippen molar-refractivity contribution in [3.05, 3.63) is 38.3 Å². The zero-order valence-electron chi connectivity index (χ0n) is 10.3. The Hall–Kier alpha value is -0.980. The fourth-order valence-electron chi connectivity index (χ4n) is 1.54. The molecular formula is C12H17BrN2O3. The number of hydrogen-bond acceptors (Lipinski definition) is 4. The van der Waals surface area contributed by atoms with Crippen LogP contribution in [-0.2, 0) is 11.3 Å². The first-order valence-electron chi connectivity index (χ1n) is 5.77. The fraction of sp³-hybridized carbons (Fsp3) is 0.500. The van der Waals surface area contributed by atoms with Gasteiger partial charge in [0, 0.05) is 26.3 Å². The van der Waals surface area contributed by atoms with E-state index in [2.05, 4.69) is 21.2 Å². The number of nitrogens with one attached hydrogen (secondary N) is 1. The molecule has 18 heavy (non-hydrogen) atoms. The van der Waals surface area contributed by atoms with Crippen molar-refractivity contribution in [2.24, 2.45) is 0 Å². The summed E-state index contributed by atoms with van der Waals surface area (Å²) in [5.74, 6) is 0. The van der Waals surface area contributed by atoms with Crippen molar-refractivity contribution in [1.82, 2.24) is 5.32 Å². The van der Waals surface area contributed by atoms with E-state index in [0.717, 1.165) is 31.6 Å². The molecule has 0 aliphatic carbocycles. The normalized spacial score (nSPS) is 10.6. The van der Waals surface area contributed by atoms with Crippen LogP contribution in [0.15, 0.2) is 22.7 Å². The van der Waals surface area contributed by atoms with Gasteiger partial charge in [0.15, 0.2) is 0 Å². The summed E-state index contributed by atoms with van der Waals surface area (Å²) in [6.07, 6.45) is 2.05. The topological polar surface area (TPSA) is 64.4 Å². The van der Waals surface area contributed by atoms with Crippen molar-refractivity contribution in [3.8, 4) is 0 Å². The molecule has 0 aliphatic rings. The number of benzene rings is 1.